The number of aliphatic hydroxyl groups excluding tert-OH is 1. The van der Waals surface area contributed by atoms with E-state index >= 15 is 0 Å². The summed E-state index contributed by atoms with van der Waals surface area (Å²) in [6.07, 6.45) is 3.19. The van der Waals surface area contributed by atoms with Gasteiger partial charge in [0.25, 0.3) is 0 Å². The lowest BCUT2D eigenvalue weighted by atomic mass is 10.0. The van der Waals surface area contributed by atoms with Crippen molar-refractivity contribution in [2.75, 3.05) is 0 Å². The molecule has 0 aliphatic rings. The summed E-state index contributed by atoms with van der Waals surface area (Å²) in [6, 6.07) is 9.81. The molecule has 0 saturated carbocycles. The van der Waals surface area contributed by atoms with E-state index in [1.807, 2.05) is 30.3 Å². The van der Waals surface area contributed by atoms with Crippen molar-refractivity contribution < 1.29 is 5.11 Å². The first-order chi connectivity index (χ1) is 7.33. The van der Waals surface area contributed by atoms with Crippen LogP contribution in [0.15, 0.2) is 36.5 Å². The van der Waals surface area contributed by atoms with E-state index in [2.05, 4.69) is 11.9 Å². The van der Waals surface area contributed by atoms with Crippen molar-refractivity contribution in [3.05, 3.63) is 42.1 Å². The summed E-state index contributed by atoms with van der Waals surface area (Å²) >= 11 is 0. The van der Waals surface area contributed by atoms with Gasteiger partial charge in [-0.2, -0.15) is 0 Å². The number of fused-ring (bicyclic) bond motifs is 1. The largest absolute Gasteiger partial charge is 0.388 e. The van der Waals surface area contributed by atoms with Crippen molar-refractivity contribution in [2.24, 2.45) is 0 Å². The average molecular weight is 201 g/mol. The highest BCUT2D eigenvalue weighted by molar-refractivity contribution is 5.82. The lowest BCUT2D eigenvalue weighted by Gasteiger charge is -2.12. The third kappa shape index (κ3) is 2.00. The van der Waals surface area contributed by atoms with Crippen LogP contribution in [0.5, 0.6) is 0 Å². The Morgan fingerprint density at radius 1 is 1.27 bits per heavy atom. The number of benzene rings is 1. The molecule has 0 saturated heterocycles. The van der Waals surface area contributed by atoms with E-state index in [-0.39, 0.29) is 6.10 Å². The lowest BCUT2D eigenvalue weighted by molar-refractivity contribution is 0.168. The second-order valence-electron chi connectivity index (χ2n) is 3.72. The predicted octanol–water partition coefficient (Wildman–Crippen LogP) is 3.07. The van der Waals surface area contributed by atoms with Crippen molar-refractivity contribution in [3.63, 3.8) is 0 Å². The lowest BCUT2D eigenvalue weighted by Crippen LogP contribution is -1.97. The summed E-state index contributed by atoms with van der Waals surface area (Å²) in [6.45, 7) is 2.08. The smallest absolute Gasteiger partial charge is 0.0796 e. The molecule has 1 N–H and O–H groups in total. The molecular weight excluding hydrogens is 186 g/mol. The molecule has 0 radical (unpaired) electrons. The van der Waals surface area contributed by atoms with Gasteiger partial charge in [-0.25, -0.2) is 0 Å². The molecular formula is C13H15NO. The molecule has 0 aliphatic heterocycles. The molecule has 0 aliphatic carbocycles. The number of pyridine rings is 1. The molecule has 0 amide bonds. The summed E-state index contributed by atoms with van der Waals surface area (Å²) < 4.78 is 0. The van der Waals surface area contributed by atoms with Crippen LogP contribution in [0, 0.1) is 0 Å². The summed E-state index contributed by atoms with van der Waals surface area (Å²) in [5, 5.41) is 11.0. The molecule has 1 heterocycles. The van der Waals surface area contributed by atoms with Crippen molar-refractivity contribution in [3.8, 4) is 0 Å². The van der Waals surface area contributed by atoms with Gasteiger partial charge >= 0.3 is 0 Å². The average Bonchev–Trinajstić information content (AvgIpc) is 2.28. The number of aliphatic hydroxyl groups is 1. The molecule has 1 aromatic heterocycles. The van der Waals surface area contributed by atoms with Gasteiger partial charge in [-0.1, -0.05) is 31.5 Å². The zero-order valence-corrected chi connectivity index (χ0v) is 8.85. The molecule has 0 fully saturated rings. The Kier molecular flexibility index (Phi) is 2.97. The number of aromatic nitrogens is 1. The maximum Gasteiger partial charge on any atom is 0.0796 e. The summed E-state index contributed by atoms with van der Waals surface area (Å²) in [4.78, 5) is 4.27. The molecule has 2 nitrogen and oxygen atoms in total. The monoisotopic (exact) mass is 201 g/mol. The Balaban J connectivity index is 2.50. The standard InChI is InChI=1S/C13H15NO/c1-2-5-13(15)11-6-3-8-12-10(11)7-4-9-14-12/h3-4,6-9,13,15H,2,5H2,1H3. The van der Waals surface area contributed by atoms with Gasteiger partial charge in [0.15, 0.2) is 0 Å². The van der Waals surface area contributed by atoms with Crippen LogP contribution >= 0.6 is 0 Å². The molecule has 2 rings (SSSR count). The number of hydrogen-bond donors (Lipinski definition) is 1. The second kappa shape index (κ2) is 4.41. The SMILES string of the molecule is CCCC(O)c1cccc2ncccc12. The van der Waals surface area contributed by atoms with E-state index in [0.717, 1.165) is 29.3 Å². The van der Waals surface area contributed by atoms with Crippen LogP contribution in [-0.4, -0.2) is 10.1 Å². The zero-order chi connectivity index (χ0) is 10.7. The van der Waals surface area contributed by atoms with E-state index in [9.17, 15) is 5.11 Å². The number of nitrogens with zero attached hydrogens (tertiary/aromatic N) is 1. The number of hydrogen-bond acceptors (Lipinski definition) is 2. The van der Waals surface area contributed by atoms with Crippen molar-refractivity contribution in [2.45, 2.75) is 25.9 Å². The van der Waals surface area contributed by atoms with Crippen LogP contribution in [0.3, 0.4) is 0 Å². The number of rotatable bonds is 3. The van der Waals surface area contributed by atoms with Gasteiger partial charge in [0.05, 0.1) is 11.6 Å². The fraction of sp³-hybridized carbons (Fsp3) is 0.308. The molecule has 15 heavy (non-hydrogen) atoms. The van der Waals surface area contributed by atoms with Gasteiger partial charge in [-0.15, -0.1) is 0 Å². The molecule has 1 unspecified atom stereocenters. The van der Waals surface area contributed by atoms with Gasteiger partial charge in [-0.05, 0) is 24.1 Å². The molecule has 0 spiro atoms. The van der Waals surface area contributed by atoms with Crippen LogP contribution < -0.4 is 0 Å². The minimum atomic E-state index is -0.372. The Morgan fingerprint density at radius 3 is 2.93 bits per heavy atom. The van der Waals surface area contributed by atoms with Crippen molar-refractivity contribution in [1.29, 1.82) is 0 Å². The molecule has 0 bridgehead atoms. The Hall–Kier alpha value is -1.41. The van der Waals surface area contributed by atoms with E-state index < -0.39 is 0 Å². The normalized spacial score (nSPS) is 12.9. The van der Waals surface area contributed by atoms with Gasteiger partial charge in [0.1, 0.15) is 0 Å². The fourth-order valence-corrected chi connectivity index (χ4v) is 1.85. The van der Waals surface area contributed by atoms with Gasteiger partial charge in [-0.3, -0.25) is 4.98 Å². The first-order valence-electron chi connectivity index (χ1n) is 5.34. The van der Waals surface area contributed by atoms with E-state index in [1.54, 1.807) is 6.20 Å². The van der Waals surface area contributed by atoms with Crippen LogP contribution in [0.2, 0.25) is 0 Å². The van der Waals surface area contributed by atoms with Gasteiger partial charge in [0, 0.05) is 11.6 Å². The topological polar surface area (TPSA) is 33.1 Å². The fourth-order valence-electron chi connectivity index (χ4n) is 1.85. The van der Waals surface area contributed by atoms with E-state index in [1.165, 1.54) is 0 Å². The minimum Gasteiger partial charge on any atom is -0.388 e. The van der Waals surface area contributed by atoms with Crippen LogP contribution in [0.25, 0.3) is 10.9 Å². The Labute approximate surface area is 89.6 Å². The van der Waals surface area contributed by atoms with Crippen LogP contribution in [0.1, 0.15) is 31.4 Å². The molecule has 2 aromatic rings. The van der Waals surface area contributed by atoms with E-state index in [0.29, 0.717) is 0 Å². The molecule has 78 valence electrons. The Bertz CT molecular complexity index is 448. The second-order valence-corrected chi connectivity index (χ2v) is 3.72. The highest BCUT2D eigenvalue weighted by Gasteiger charge is 2.09. The quantitative estimate of drug-likeness (QED) is 0.827. The molecule has 1 aromatic carbocycles. The Morgan fingerprint density at radius 2 is 2.13 bits per heavy atom. The zero-order valence-electron chi connectivity index (χ0n) is 8.85. The molecule has 2 heteroatoms. The minimum absolute atomic E-state index is 0.372. The summed E-state index contributed by atoms with van der Waals surface area (Å²) in [5.41, 5.74) is 1.94. The highest BCUT2D eigenvalue weighted by Crippen LogP contribution is 2.25. The highest BCUT2D eigenvalue weighted by atomic mass is 16.3. The molecule has 1 atom stereocenters. The van der Waals surface area contributed by atoms with Gasteiger partial charge in [0.2, 0.25) is 0 Å². The third-order valence-electron chi connectivity index (χ3n) is 2.60. The maximum absolute atomic E-state index is 9.99. The summed E-state index contributed by atoms with van der Waals surface area (Å²) in [7, 11) is 0. The maximum atomic E-state index is 9.99. The van der Waals surface area contributed by atoms with Gasteiger partial charge < -0.3 is 5.11 Å². The first kappa shape index (κ1) is 10.1. The van der Waals surface area contributed by atoms with Crippen molar-refractivity contribution >= 4 is 10.9 Å². The predicted molar refractivity (Wildman–Crippen MR) is 61.6 cm³/mol. The van der Waals surface area contributed by atoms with Crippen LogP contribution in [-0.2, 0) is 0 Å². The van der Waals surface area contributed by atoms with Crippen molar-refractivity contribution in [1.82, 2.24) is 4.98 Å². The first-order valence-corrected chi connectivity index (χ1v) is 5.34. The van der Waals surface area contributed by atoms with E-state index in [4.69, 9.17) is 0 Å². The van der Waals surface area contributed by atoms with Crippen LogP contribution in [0.4, 0.5) is 0 Å². The third-order valence-corrected chi connectivity index (χ3v) is 2.60. The summed E-state index contributed by atoms with van der Waals surface area (Å²) in [5.74, 6) is 0.